The number of nitrogens with one attached hydrogen (secondary N) is 1. The maximum atomic E-state index is 11.1. The standard InChI is InChI=1S/C18H15N5O3/c1-26-15-7-5-12(6-8-15)16-10-17(22-18(21-16)19-11-20-22)13-3-2-4-14(9-13)23(24)25/h2-11,17H,1H3,(H,19,20,21). The molecule has 0 aliphatic carbocycles. The lowest BCUT2D eigenvalue weighted by molar-refractivity contribution is -0.384. The molecule has 1 atom stereocenters. The number of non-ortho nitro benzene ring substituents is 1. The van der Waals surface area contributed by atoms with Gasteiger partial charge in [-0.1, -0.05) is 12.1 Å². The number of aromatic nitrogens is 3. The molecule has 2 heterocycles. The van der Waals surface area contributed by atoms with Crippen LogP contribution in [0.3, 0.4) is 0 Å². The Hall–Kier alpha value is -3.68. The number of anilines is 1. The highest BCUT2D eigenvalue weighted by Gasteiger charge is 2.24. The number of allylic oxidation sites excluding steroid dienone is 1. The lowest BCUT2D eigenvalue weighted by atomic mass is 10.0. The highest BCUT2D eigenvalue weighted by molar-refractivity contribution is 5.77. The van der Waals surface area contributed by atoms with E-state index in [1.54, 1.807) is 23.9 Å². The van der Waals surface area contributed by atoms with Crippen LogP contribution in [0.4, 0.5) is 11.6 Å². The molecule has 0 radical (unpaired) electrons. The summed E-state index contributed by atoms with van der Waals surface area (Å²) >= 11 is 0. The summed E-state index contributed by atoms with van der Waals surface area (Å²) < 4.78 is 6.90. The zero-order valence-corrected chi connectivity index (χ0v) is 13.9. The number of ether oxygens (including phenoxy) is 1. The van der Waals surface area contributed by atoms with Crippen LogP contribution in [0.25, 0.3) is 5.70 Å². The summed E-state index contributed by atoms with van der Waals surface area (Å²) in [6, 6.07) is 13.9. The highest BCUT2D eigenvalue weighted by Crippen LogP contribution is 2.33. The number of benzene rings is 2. The smallest absolute Gasteiger partial charge is 0.269 e. The number of nitrogens with zero attached hydrogens (tertiary/aromatic N) is 4. The average molecular weight is 349 g/mol. The first-order valence-corrected chi connectivity index (χ1v) is 7.93. The van der Waals surface area contributed by atoms with Gasteiger partial charge in [0.2, 0.25) is 5.95 Å². The zero-order chi connectivity index (χ0) is 18.1. The van der Waals surface area contributed by atoms with Gasteiger partial charge in [0.25, 0.3) is 5.69 Å². The van der Waals surface area contributed by atoms with Crippen molar-refractivity contribution in [2.75, 3.05) is 12.4 Å². The minimum Gasteiger partial charge on any atom is -0.497 e. The van der Waals surface area contributed by atoms with Gasteiger partial charge >= 0.3 is 0 Å². The number of methoxy groups -OCH3 is 1. The van der Waals surface area contributed by atoms with E-state index in [2.05, 4.69) is 15.4 Å². The zero-order valence-electron chi connectivity index (χ0n) is 13.9. The quantitative estimate of drug-likeness (QED) is 0.574. The van der Waals surface area contributed by atoms with Gasteiger partial charge in [-0.3, -0.25) is 10.1 Å². The minimum atomic E-state index is -0.402. The van der Waals surface area contributed by atoms with Gasteiger partial charge < -0.3 is 10.1 Å². The number of hydrogen-bond acceptors (Lipinski definition) is 6. The fourth-order valence-corrected chi connectivity index (χ4v) is 2.93. The van der Waals surface area contributed by atoms with Crippen LogP contribution in [-0.4, -0.2) is 26.8 Å². The van der Waals surface area contributed by atoms with Gasteiger partial charge in [0.1, 0.15) is 18.1 Å². The van der Waals surface area contributed by atoms with E-state index in [1.807, 2.05) is 36.4 Å². The number of hydrogen-bond donors (Lipinski definition) is 1. The van der Waals surface area contributed by atoms with Gasteiger partial charge in [-0.25, -0.2) is 4.68 Å². The normalized spacial score (nSPS) is 15.6. The van der Waals surface area contributed by atoms with Gasteiger partial charge in [0, 0.05) is 17.8 Å². The molecule has 0 bridgehead atoms. The third kappa shape index (κ3) is 2.77. The second kappa shape index (κ2) is 6.32. The molecule has 1 N–H and O–H groups in total. The third-order valence-electron chi connectivity index (χ3n) is 4.23. The van der Waals surface area contributed by atoms with Crippen LogP contribution in [0.15, 0.2) is 60.9 Å². The van der Waals surface area contributed by atoms with Gasteiger partial charge in [0.05, 0.1) is 12.0 Å². The Morgan fingerprint density at radius 1 is 1.23 bits per heavy atom. The second-order valence-corrected chi connectivity index (χ2v) is 5.76. The van der Waals surface area contributed by atoms with Crippen molar-refractivity contribution in [1.29, 1.82) is 0 Å². The summed E-state index contributed by atoms with van der Waals surface area (Å²) in [5.41, 5.74) is 2.61. The first kappa shape index (κ1) is 15.8. The minimum absolute atomic E-state index is 0.0436. The van der Waals surface area contributed by atoms with Crippen molar-refractivity contribution >= 4 is 17.3 Å². The molecule has 1 aliphatic heterocycles. The van der Waals surface area contributed by atoms with Crippen molar-refractivity contribution in [1.82, 2.24) is 14.8 Å². The summed E-state index contributed by atoms with van der Waals surface area (Å²) in [7, 11) is 1.62. The molecule has 0 spiro atoms. The van der Waals surface area contributed by atoms with E-state index in [0.717, 1.165) is 22.6 Å². The van der Waals surface area contributed by atoms with Gasteiger partial charge in [-0.2, -0.15) is 10.1 Å². The first-order valence-electron chi connectivity index (χ1n) is 7.93. The second-order valence-electron chi connectivity index (χ2n) is 5.76. The molecule has 8 heteroatoms. The monoisotopic (exact) mass is 349 g/mol. The predicted molar refractivity (Wildman–Crippen MR) is 95.9 cm³/mol. The number of nitro benzene ring substituents is 1. The molecule has 0 amide bonds. The fraction of sp³-hybridized carbons (Fsp3) is 0.111. The first-order chi connectivity index (χ1) is 12.7. The molecule has 1 aromatic heterocycles. The molecular weight excluding hydrogens is 334 g/mol. The molecule has 1 aliphatic rings. The molecule has 130 valence electrons. The molecule has 4 rings (SSSR count). The molecule has 2 aromatic carbocycles. The van der Waals surface area contributed by atoms with Crippen LogP contribution in [0.5, 0.6) is 5.75 Å². The van der Waals surface area contributed by atoms with Crippen molar-refractivity contribution in [3.8, 4) is 5.75 Å². The van der Waals surface area contributed by atoms with E-state index in [9.17, 15) is 10.1 Å². The van der Waals surface area contributed by atoms with E-state index in [0.29, 0.717) is 5.95 Å². The molecule has 8 nitrogen and oxygen atoms in total. The Labute approximate surface area is 148 Å². The molecule has 0 saturated carbocycles. The largest absolute Gasteiger partial charge is 0.497 e. The van der Waals surface area contributed by atoms with Gasteiger partial charge in [-0.15, -0.1) is 0 Å². The Morgan fingerprint density at radius 2 is 2.04 bits per heavy atom. The lowest BCUT2D eigenvalue weighted by Crippen LogP contribution is -2.20. The van der Waals surface area contributed by atoms with Gasteiger partial charge in [0.15, 0.2) is 0 Å². The van der Waals surface area contributed by atoms with Crippen molar-refractivity contribution in [3.63, 3.8) is 0 Å². The van der Waals surface area contributed by atoms with Crippen LogP contribution in [-0.2, 0) is 0 Å². The third-order valence-corrected chi connectivity index (χ3v) is 4.23. The van der Waals surface area contributed by atoms with Crippen molar-refractivity contribution in [2.24, 2.45) is 0 Å². The van der Waals surface area contributed by atoms with Crippen LogP contribution in [0, 0.1) is 10.1 Å². The Morgan fingerprint density at radius 3 is 2.77 bits per heavy atom. The summed E-state index contributed by atoms with van der Waals surface area (Å²) in [6.45, 7) is 0. The topological polar surface area (TPSA) is 95.1 Å². The van der Waals surface area contributed by atoms with Gasteiger partial charge in [-0.05, 0) is 41.5 Å². The lowest BCUT2D eigenvalue weighted by Gasteiger charge is -2.24. The average Bonchev–Trinajstić information content (AvgIpc) is 3.16. The van der Waals surface area contributed by atoms with E-state index >= 15 is 0 Å². The van der Waals surface area contributed by atoms with Crippen LogP contribution in [0.2, 0.25) is 0 Å². The molecule has 1 unspecified atom stereocenters. The molecule has 0 fully saturated rings. The molecule has 3 aromatic rings. The molecule has 26 heavy (non-hydrogen) atoms. The Bertz CT molecular complexity index is 994. The van der Waals surface area contributed by atoms with Crippen molar-refractivity contribution in [2.45, 2.75) is 6.04 Å². The van der Waals surface area contributed by atoms with Crippen LogP contribution >= 0.6 is 0 Å². The summed E-state index contributed by atoms with van der Waals surface area (Å²) in [5, 5.41) is 18.6. The fourth-order valence-electron chi connectivity index (χ4n) is 2.93. The van der Waals surface area contributed by atoms with E-state index in [1.165, 1.54) is 12.4 Å². The summed E-state index contributed by atoms with van der Waals surface area (Å²) in [6.07, 6.45) is 3.43. The predicted octanol–water partition coefficient (Wildman–Crippen LogP) is 3.25. The highest BCUT2D eigenvalue weighted by atomic mass is 16.6. The molecular formula is C18H15N5O3. The number of fused-ring (bicyclic) bond motifs is 1. The maximum absolute atomic E-state index is 11.1. The Kier molecular flexibility index (Phi) is 3.85. The number of nitro groups is 1. The van der Waals surface area contributed by atoms with E-state index in [-0.39, 0.29) is 11.7 Å². The Balaban J connectivity index is 1.78. The summed E-state index contributed by atoms with van der Waals surface area (Å²) in [4.78, 5) is 14.9. The van der Waals surface area contributed by atoms with E-state index in [4.69, 9.17) is 4.74 Å². The van der Waals surface area contributed by atoms with Crippen molar-refractivity contribution < 1.29 is 9.66 Å². The SMILES string of the molecule is COc1ccc(C2=CC(c3cccc([N+](=O)[O-])c3)n3ncnc3N2)cc1. The maximum Gasteiger partial charge on any atom is 0.269 e. The van der Waals surface area contributed by atoms with E-state index < -0.39 is 4.92 Å². The van der Waals surface area contributed by atoms with Crippen LogP contribution in [0.1, 0.15) is 17.2 Å². The van der Waals surface area contributed by atoms with Crippen LogP contribution < -0.4 is 10.1 Å². The summed E-state index contributed by atoms with van der Waals surface area (Å²) in [5.74, 6) is 1.35. The molecule has 0 saturated heterocycles. The number of rotatable bonds is 4. The van der Waals surface area contributed by atoms with Crippen molar-refractivity contribution in [3.05, 3.63) is 82.2 Å².